The second-order valence-corrected chi connectivity index (χ2v) is 5.25. The van der Waals surface area contributed by atoms with E-state index in [2.05, 4.69) is 0 Å². The van der Waals surface area contributed by atoms with E-state index in [1.165, 1.54) is 0 Å². The fourth-order valence-corrected chi connectivity index (χ4v) is 2.61. The van der Waals surface area contributed by atoms with E-state index in [1.807, 2.05) is 6.92 Å². The third-order valence-electron chi connectivity index (χ3n) is 3.89. The Hall–Kier alpha value is -2.08. The first-order valence-corrected chi connectivity index (χ1v) is 6.96. The molecule has 6 nitrogen and oxygen atoms in total. The first-order chi connectivity index (χ1) is 10.0. The van der Waals surface area contributed by atoms with Crippen LogP contribution < -0.4 is 10.5 Å². The summed E-state index contributed by atoms with van der Waals surface area (Å²) in [5, 5.41) is 9.36. The smallest absolute Gasteiger partial charge is 0.260 e. The van der Waals surface area contributed by atoms with Crippen molar-refractivity contribution >= 4 is 11.8 Å². The number of hydrogen-bond donors (Lipinski definition) is 2. The highest BCUT2D eigenvalue weighted by Gasteiger charge is 2.33. The summed E-state index contributed by atoms with van der Waals surface area (Å²) in [5.74, 6) is -0.221. The van der Waals surface area contributed by atoms with Crippen molar-refractivity contribution in [3.63, 3.8) is 0 Å². The number of para-hydroxylation sites is 1. The molecule has 1 fully saturated rings. The van der Waals surface area contributed by atoms with Gasteiger partial charge in [0.05, 0.1) is 18.2 Å². The Morgan fingerprint density at radius 3 is 2.81 bits per heavy atom. The van der Waals surface area contributed by atoms with Gasteiger partial charge in [-0.25, -0.2) is 0 Å². The summed E-state index contributed by atoms with van der Waals surface area (Å²) in [4.78, 5) is 25.1. The Morgan fingerprint density at radius 1 is 1.43 bits per heavy atom. The van der Waals surface area contributed by atoms with Gasteiger partial charge >= 0.3 is 0 Å². The van der Waals surface area contributed by atoms with Gasteiger partial charge in [0.15, 0.2) is 6.61 Å². The summed E-state index contributed by atoms with van der Waals surface area (Å²) < 4.78 is 5.43. The molecule has 6 heteroatoms. The lowest BCUT2D eigenvalue weighted by Gasteiger charge is -2.25. The first kappa shape index (κ1) is 15.3. The van der Waals surface area contributed by atoms with Crippen LogP contribution in [0.5, 0.6) is 5.75 Å². The molecule has 1 heterocycles. The summed E-state index contributed by atoms with van der Waals surface area (Å²) in [5.41, 5.74) is 5.51. The van der Waals surface area contributed by atoms with Crippen LogP contribution in [-0.4, -0.2) is 47.6 Å². The van der Waals surface area contributed by atoms with Crippen LogP contribution in [0.4, 0.5) is 0 Å². The third kappa shape index (κ3) is 3.33. The van der Waals surface area contributed by atoms with Crippen molar-refractivity contribution in [3.8, 4) is 5.75 Å². The number of likely N-dealkylation sites (tertiary alicyclic amines) is 1. The predicted molar refractivity (Wildman–Crippen MR) is 76.8 cm³/mol. The number of benzene rings is 1. The Kier molecular flexibility index (Phi) is 4.80. The van der Waals surface area contributed by atoms with E-state index in [9.17, 15) is 14.7 Å². The van der Waals surface area contributed by atoms with Crippen molar-refractivity contribution in [2.24, 2.45) is 11.7 Å². The van der Waals surface area contributed by atoms with Crippen LogP contribution in [-0.2, 0) is 4.79 Å². The molecule has 0 spiro atoms. The molecule has 2 atom stereocenters. The van der Waals surface area contributed by atoms with Gasteiger partial charge in [-0.3, -0.25) is 9.59 Å². The van der Waals surface area contributed by atoms with Crippen LogP contribution in [0, 0.1) is 5.92 Å². The molecule has 0 bridgehead atoms. The SMILES string of the molecule is CC1CCN(C(=O)COc2ccccc2C(N)=O)C1CO. The molecule has 1 aliphatic heterocycles. The number of carbonyl (C=O) groups is 2. The van der Waals surface area contributed by atoms with E-state index < -0.39 is 5.91 Å². The van der Waals surface area contributed by atoms with Crippen molar-refractivity contribution in [2.75, 3.05) is 19.8 Å². The molecule has 1 aliphatic rings. The monoisotopic (exact) mass is 292 g/mol. The van der Waals surface area contributed by atoms with Crippen molar-refractivity contribution in [3.05, 3.63) is 29.8 Å². The van der Waals surface area contributed by atoms with Crippen LogP contribution >= 0.6 is 0 Å². The van der Waals surface area contributed by atoms with E-state index >= 15 is 0 Å². The first-order valence-electron chi connectivity index (χ1n) is 6.96. The number of aliphatic hydroxyl groups excluding tert-OH is 1. The summed E-state index contributed by atoms with van der Waals surface area (Å²) in [6.45, 7) is 2.40. The summed E-state index contributed by atoms with van der Waals surface area (Å²) in [6, 6.07) is 6.38. The fraction of sp³-hybridized carbons (Fsp3) is 0.467. The minimum Gasteiger partial charge on any atom is -0.483 e. The van der Waals surface area contributed by atoms with Gasteiger partial charge in [-0.2, -0.15) is 0 Å². The maximum atomic E-state index is 12.2. The molecule has 2 unspecified atom stereocenters. The molecule has 21 heavy (non-hydrogen) atoms. The van der Waals surface area contributed by atoms with Crippen molar-refractivity contribution in [1.29, 1.82) is 0 Å². The average Bonchev–Trinajstić information content (AvgIpc) is 2.85. The van der Waals surface area contributed by atoms with E-state index in [0.717, 1.165) is 6.42 Å². The molecule has 114 valence electrons. The van der Waals surface area contributed by atoms with Crippen molar-refractivity contribution < 1.29 is 19.4 Å². The zero-order valence-electron chi connectivity index (χ0n) is 12.0. The maximum Gasteiger partial charge on any atom is 0.260 e. The molecule has 0 radical (unpaired) electrons. The van der Waals surface area contributed by atoms with E-state index in [0.29, 0.717) is 12.3 Å². The van der Waals surface area contributed by atoms with Crippen LogP contribution in [0.1, 0.15) is 23.7 Å². The minimum absolute atomic E-state index is 0.0508. The number of nitrogens with zero attached hydrogens (tertiary/aromatic N) is 1. The Morgan fingerprint density at radius 2 is 2.14 bits per heavy atom. The maximum absolute atomic E-state index is 12.2. The van der Waals surface area contributed by atoms with Crippen LogP contribution in [0.3, 0.4) is 0 Å². The minimum atomic E-state index is -0.596. The lowest BCUT2D eigenvalue weighted by atomic mass is 10.0. The van der Waals surface area contributed by atoms with Crippen LogP contribution in [0.15, 0.2) is 24.3 Å². The third-order valence-corrected chi connectivity index (χ3v) is 3.89. The van der Waals surface area contributed by atoms with Crippen LogP contribution in [0.2, 0.25) is 0 Å². The standard InChI is InChI=1S/C15H20N2O4/c1-10-6-7-17(12(10)8-18)14(19)9-21-13-5-3-2-4-11(13)15(16)20/h2-5,10,12,18H,6-9H2,1H3,(H2,16,20). The molecule has 3 N–H and O–H groups in total. The summed E-state index contributed by atoms with van der Waals surface area (Å²) >= 11 is 0. The average molecular weight is 292 g/mol. The van der Waals surface area contributed by atoms with Gasteiger partial charge in [0.1, 0.15) is 5.75 Å². The fourth-order valence-electron chi connectivity index (χ4n) is 2.61. The van der Waals surface area contributed by atoms with Crippen molar-refractivity contribution in [1.82, 2.24) is 4.90 Å². The molecule has 0 saturated carbocycles. The number of nitrogens with two attached hydrogens (primary N) is 1. The lowest BCUT2D eigenvalue weighted by Crippen LogP contribution is -2.42. The molecular weight excluding hydrogens is 272 g/mol. The second-order valence-electron chi connectivity index (χ2n) is 5.25. The molecule has 1 aromatic rings. The normalized spacial score (nSPS) is 21.3. The number of ether oxygens (including phenoxy) is 1. The lowest BCUT2D eigenvalue weighted by molar-refractivity contribution is -0.135. The van der Waals surface area contributed by atoms with E-state index in [-0.39, 0.29) is 36.6 Å². The summed E-state index contributed by atoms with van der Waals surface area (Å²) in [7, 11) is 0. The Bertz CT molecular complexity index is 532. The zero-order valence-corrected chi connectivity index (χ0v) is 12.0. The predicted octanol–water partition coefficient (Wildman–Crippen LogP) is 0.394. The quantitative estimate of drug-likeness (QED) is 0.821. The molecule has 2 amide bonds. The number of primary amides is 1. The number of aliphatic hydroxyl groups is 1. The van der Waals surface area contributed by atoms with Gasteiger partial charge in [0.25, 0.3) is 11.8 Å². The van der Waals surface area contributed by atoms with Crippen molar-refractivity contribution in [2.45, 2.75) is 19.4 Å². The van der Waals surface area contributed by atoms with E-state index in [4.69, 9.17) is 10.5 Å². The van der Waals surface area contributed by atoms with Crippen LogP contribution in [0.25, 0.3) is 0 Å². The zero-order chi connectivity index (χ0) is 15.4. The largest absolute Gasteiger partial charge is 0.483 e. The number of amides is 2. The highest BCUT2D eigenvalue weighted by molar-refractivity contribution is 5.95. The molecule has 0 aromatic heterocycles. The van der Waals surface area contributed by atoms with Gasteiger partial charge in [0.2, 0.25) is 0 Å². The van der Waals surface area contributed by atoms with Gasteiger partial charge in [-0.15, -0.1) is 0 Å². The summed E-state index contributed by atoms with van der Waals surface area (Å²) in [6.07, 6.45) is 0.870. The highest BCUT2D eigenvalue weighted by atomic mass is 16.5. The Balaban J connectivity index is 2.00. The number of carbonyl (C=O) groups excluding carboxylic acids is 2. The molecule has 0 aliphatic carbocycles. The molecular formula is C15H20N2O4. The molecule has 2 rings (SSSR count). The number of rotatable bonds is 5. The van der Waals surface area contributed by atoms with Gasteiger partial charge in [-0.1, -0.05) is 19.1 Å². The van der Waals surface area contributed by atoms with Gasteiger partial charge < -0.3 is 20.5 Å². The molecule has 1 aromatic carbocycles. The Labute approximate surface area is 123 Å². The van der Waals surface area contributed by atoms with E-state index in [1.54, 1.807) is 29.2 Å². The number of hydrogen-bond acceptors (Lipinski definition) is 4. The highest BCUT2D eigenvalue weighted by Crippen LogP contribution is 2.24. The molecule has 1 saturated heterocycles. The topological polar surface area (TPSA) is 92.9 Å². The second kappa shape index (κ2) is 6.58. The van der Waals surface area contributed by atoms with Gasteiger partial charge in [0, 0.05) is 6.54 Å². The van der Waals surface area contributed by atoms with Gasteiger partial charge in [-0.05, 0) is 24.5 Å².